The molecule has 0 heterocycles. The molecule has 1 saturated carbocycles. The molecular formula is C10H18BrNO. The number of carbonyl (C=O) groups excluding carboxylic acids is 1. The summed E-state index contributed by atoms with van der Waals surface area (Å²) in [6.45, 7) is 4.12. The summed E-state index contributed by atoms with van der Waals surface area (Å²) in [5.41, 5.74) is 0. The molecule has 1 rings (SSSR count). The molecule has 1 N–H and O–H groups in total. The van der Waals surface area contributed by atoms with Crippen LogP contribution in [0.1, 0.15) is 39.5 Å². The number of halogens is 1. The Morgan fingerprint density at radius 2 is 2.23 bits per heavy atom. The van der Waals surface area contributed by atoms with Crippen molar-refractivity contribution in [3.63, 3.8) is 0 Å². The SMILES string of the molecule is CCC(Br)C(=O)NC(C)C1CCC1. The molecule has 0 bridgehead atoms. The number of hydrogen-bond donors (Lipinski definition) is 1. The minimum Gasteiger partial charge on any atom is -0.352 e. The number of nitrogens with one attached hydrogen (secondary N) is 1. The quantitative estimate of drug-likeness (QED) is 0.761. The summed E-state index contributed by atoms with van der Waals surface area (Å²) in [4.78, 5) is 11.5. The first-order valence-corrected chi connectivity index (χ1v) is 6.01. The molecule has 1 fully saturated rings. The van der Waals surface area contributed by atoms with E-state index in [2.05, 4.69) is 28.2 Å². The second-order valence-corrected chi connectivity index (χ2v) is 4.97. The van der Waals surface area contributed by atoms with E-state index < -0.39 is 0 Å². The summed E-state index contributed by atoms with van der Waals surface area (Å²) in [5.74, 6) is 0.863. The van der Waals surface area contributed by atoms with Crippen LogP contribution in [-0.2, 0) is 4.79 Å². The average molecular weight is 248 g/mol. The number of alkyl halides is 1. The monoisotopic (exact) mass is 247 g/mol. The first kappa shape index (κ1) is 11.0. The molecule has 2 atom stereocenters. The van der Waals surface area contributed by atoms with Gasteiger partial charge < -0.3 is 5.32 Å². The lowest BCUT2D eigenvalue weighted by Gasteiger charge is -2.32. The molecule has 13 heavy (non-hydrogen) atoms. The summed E-state index contributed by atoms with van der Waals surface area (Å²) in [6.07, 6.45) is 4.74. The summed E-state index contributed by atoms with van der Waals surface area (Å²) < 4.78 is 0. The van der Waals surface area contributed by atoms with Crippen molar-refractivity contribution in [2.75, 3.05) is 0 Å². The minimum absolute atomic E-state index is 0.0185. The van der Waals surface area contributed by atoms with Crippen molar-refractivity contribution in [2.45, 2.75) is 50.4 Å². The predicted molar refractivity (Wildman–Crippen MR) is 58.0 cm³/mol. The van der Waals surface area contributed by atoms with Gasteiger partial charge in [0.05, 0.1) is 4.83 Å². The van der Waals surface area contributed by atoms with Crippen LogP contribution < -0.4 is 5.32 Å². The topological polar surface area (TPSA) is 29.1 Å². The van der Waals surface area contributed by atoms with Gasteiger partial charge in [0.15, 0.2) is 0 Å². The van der Waals surface area contributed by atoms with Gasteiger partial charge in [-0.2, -0.15) is 0 Å². The number of hydrogen-bond acceptors (Lipinski definition) is 1. The van der Waals surface area contributed by atoms with Crippen LogP contribution in [0.5, 0.6) is 0 Å². The number of amides is 1. The fourth-order valence-electron chi connectivity index (χ4n) is 1.56. The second-order valence-electron chi connectivity index (χ2n) is 3.86. The Labute approximate surface area is 88.6 Å². The standard InChI is InChI=1S/C10H18BrNO/c1-3-9(11)10(13)12-7(2)8-5-4-6-8/h7-9H,3-6H2,1-2H3,(H,12,13). The van der Waals surface area contributed by atoms with Crippen molar-refractivity contribution in [2.24, 2.45) is 5.92 Å². The largest absolute Gasteiger partial charge is 0.352 e. The van der Waals surface area contributed by atoms with Crippen molar-refractivity contribution in [3.05, 3.63) is 0 Å². The normalized spacial score (nSPS) is 21.8. The maximum absolute atomic E-state index is 11.5. The Morgan fingerprint density at radius 1 is 1.62 bits per heavy atom. The van der Waals surface area contributed by atoms with Crippen molar-refractivity contribution in [1.29, 1.82) is 0 Å². The van der Waals surface area contributed by atoms with Gasteiger partial charge in [0.25, 0.3) is 0 Å². The fourth-order valence-corrected chi connectivity index (χ4v) is 1.69. The van der Waals surface area contributed by atoms with Gasteiger partial charge in [-0.1, -0.05) is 29.3 Å². The summed E-state index contributed by atoms with van der Waals surface area (Å²) in [7, 11) is 0. The lowest BCUT2D eigenvalue weighted by molar-refractivity contribution is -0.121. The van der Waals surface area contributed by atoms with Crippen LogP contribution in [0.25, 0.3) is 0 Å². The Hall–Kier alpha value is -0.0500. The number of carbonyl (C=O) groups is 1. The highest BCUT2D eigenvalue weighted by Gasteiger charge is 2.26. The van der Waals surface area contributed by atoms with Crippen LogP contribution in [0.2, 0.25) is 0 Å². The molecule has 0 aromatic rings. The van der Waals surface area contributed by atoms with Crippen LogP contribution in [0.4, 0.5) is 0 Å². The van der Waals surface area contributed by atoms with E-state index in [1.165, 1.54) is 19.3 Å². The number of rotatable bonds is 4. The molecule has 0 saturated heterocycles. The zero-order chi connectivity index (χ0) is 9.84. The van der Waals surface area contributed by atoms with E-state index in [0.717, 1.165) is 12.3 Å². The van der Waals surface area contributed by atoms with Gasteiger partial charge in [-0.25, -0.2) is 0 Å². The Morgan fingerprint density at radius 3 is 2.62 bits per heavy atom. The maximum atomic E-state index is 11.5. The molecule has 76 valence electrons. The van der Waals surface area contributed by atoms with E-state index in [4.69, 9.17) is 0 Å². The molecular weight excluding hydrogens is 230 g/mol. The average Bonchev–Trinajstić information content (AvgIpc) is 1.99. The second kappa shape index (κ2) is 4.99. The molecule has 0 aromatic heterocycles. The smallest absolute Gasteiger partial charge is 0.233 e. The lowest BCUT2D eigenvalue weighted by atomic mass is 9.80. The minimum atomic E-state index is -0.0185. The van der Waals surface area contributed by atoms with Crippen LogP contribution >= 0.6 is 15.9 Å². The molecule has 0 aliphatic heterocycles. The van der Waals surface area contributed by atoms with Gasteiger partial charge in [-0.05, 0) is 32.1 Å². The third-order valence-electron chi connectivity index (χ3n) is 2.87. The highest BCUT2D eigenvalue weighted by molar-refractivity contribution is 9.10. The van der Waals surface area contributed by atoms with E-state index in [1.54, 1.807) is 0 Å². The van der Waals surface area contributed by atoms with Gasteiger partial charge in [0.2, 0.25) is 5.91 Å². The summed E-state index contributed by atoms with van der Waals surface area (Å²) >= 11 is 3.35. The van der Waals surface area contributed by atoms with Crippen molar-refractivity contribution < 1.29 is 4.79 Å². The molecule has 1 aliphatic carbocycles. The molecule has 0 spiro atoms. The maximum Gasteiger partial charge on any atom is 0.233 e. The zero-order valence-electron chi connectivity index (χ0n) is 8.35. The van der Waals surface area contributed by atoms with Crippen LogP contribution in [0.15, 0.2) is 0 Å². The first-order valence-electron chi connectivity index (χ1n) is 5.09. The first-order chi connectivity index (χ1) is 6.15. The van der Waals surface area contributed by atoms with Crippen LogP contribution in [0.3, 0.4) is 0 Å². The molecule has 3 heteroatoms. The third kappa shape index (κ3) is 2.97. The molecule has 1 aliphatic rings. The van der Waals surface area contributed by atoms with E-state index in [-0.39, 0.29) is 10.7 Å². The van der Waals surface area contributed by atoms with E-state index >= 15 is 0 Å². The Bertz CT molecular complexity index is 180. The zero-order valence-corrected chi connectivity index (χ0v) is 9.93. The molecule has 0 radical (unpaired) electrons. The molecule has 1 amide bonds. The van der Waals surface area contributed by atoms with Crippen LogP contribution in [-0.4, -0.2) is 16.8 Å². The van der Waals surface area contributed by atoms with E-state index in [0.29, 0.717) is 6.04 Å². The molecule has 2 unspecified atom stereocenters. The van der Waals surface area contributed by atoms with Gasteiger partial charge >= 0.3 is 0 Å². The van der Waals surface area contributed by atoms with Crippen LogP contribution in [0, 0.1) is 5.92 Å². The molecule has 2 nitrogen and oxygen atoms in total. The van der Waals surface area contributed by atoms with Gasteiger partial charge in [-0.15, -0.1) is 0 Å². The van der Waals surface area contributed by atoms with Crippen molar-refractivity contribution >= 4 is 21.8 Å². The van der Waals surface area contributed by atoms with Gasteiger partial charge in [-0.3, -0.25) is 4.79 Å². The third-order valence-corrected chi connectivity index (χ3v) is 3.93. The highest BCUT2D eigenvalue weighted by atomic mass is 79.9. The predicted octanol–water partition coefficient (Wildman–Crippen LogP) is 2.46. The van der Waals surface area contributed by atoms with Gasteiger partial charge in [0.1, 0.15) is 0 Å². The summed E-state index contributed by atoms with van der Waals surface area (Å²) in [5, 5.41) is 3.05. The Balaban J connectivity index is 2.26. The lowest BCUT2D eigenvalue weighted by Crippen LogP contribution is -2.43. The van der Waals surface area contributed by atoms with E-state index in [1.807, 2.05) is 6.92 Å². The van der Waals surface area contributed by atoms with Crippen molar-refractivity contribution in [1.82, 2.24) is 5.32 Å². The van der Waals surface area contributed by atoms with Crippen molar-refractivity contribution in [3.8, 4) is 0 Å². The van der Waals surface area contributed by atoms with Gasteiger partial charge in [0, 0.05) is 6.04 Å². The fraction of sp³-hybridized carbons (Fsp3) is 0.900. The highest BCUT2D eigenvalue weighted by Crippen LogP contribution is 2.29. The molecule has 0 aromatic carbocycles. The Kier molecular flexibility index (Phi) is 4.23. The summed E-state index contributed by atoms with van der Waals surface area (Å²) in [6, 6.07) is 0.354. The van der Waals surface area contributed by atoms with E-state index in [9.17, 15) is 4.79 Å².